The SMILES string of the molecule is C=Cc1ccc2c(CN3C(=O)C(NC(=O)C(C)NC)CCc4ccccc43)c(OC)ccc2c1. The molecular formula is C28H31N3O3. The molecule has 4 rings (SSSR count). The van der Waals surface area contributed by atoms with E-state index in [0.717, 1.165) is 38.9 Å². The van der Waals surface area contributed by atoms with Crippen molar-refractivity contribution in [1.29, 1.82) is 0 Å². The first-order chi connectivity index (χ1) is 16.5. The van der Waals surface area contributed by atoms with Crippen molar-refractivity contribution in [2.75, 3.05) is 19.1 Å². The lowest BCUT2D eigenvalue weighted by Crippen LogP contribution is -2.52. The van der Waals surface area contributed by atoms with Crippen molar-refractivity contribution in [3.63, 3.8) is 0 Å². The number of nitrogens with one attached hydrogen (secondary N) is 2. The molecule has 2 amide bonds. The van der Waals surface area contributed by atoms with Gasteiger partial charge in [0.15, 0.2) is 0 Å². The summed E-state index contributed by atoms with van der Waals surface area (Å²) in [7, 11) is 3.37. The number of aryl methyl sites for hydroxylation is 1. The number of para-hydroxylation sites is 1. The largest absolute Gasteiger partial charge is 0.496 e. The standard InChI is InChI=1S/C28H31N3O3/c1-5-19-10-13-22-21(16-19)12-15-26(34-4)23(22)17-31-25-9-7-6-8-20(25)11-14-24(28(31)33)30-27(32)18(2)29-3/h5-10,12-13,15-16,18,24,29H,1,11,14,17H2,2-4H3,(H,30,32). The maximum Gasteiger partial charge on any atom is 0.249 e. The molecule has 3 aromatic carbocycles. The van der Waals surface area contributed by atoms with Crippen LogP contribution in [0.1, 0.15) is 30.0 Å². The number of fused-ring (bicyclic) bond motifs is 2. The highest BCUT2D eigenvalue weighted by molar-refractivity contribution is 6.01. The second kappa shape index (κ2) is 10.1. The van der Waals surface area contributed by atoms with Gasteiger partial charge in [-0.15, -0.1) is 0 Å². The number of carbonyl (C=O) groups is 2. The van der Waals surface area contributed by atoms with Crippen molar-refractivity contribution in [2.45, 2.75) is 38.4 Å². The number of ether oxygens (including phenoxy) is 1. The van der Waals surface area contributed by atoms with E-state index in [2.05, 4.69) is 23.3 Å². The third kappa shape index (κ3) is 4.54. The second-order valence-corrected chi connectivity index (χ2v) is 8.59. The average molecular weight is 458 g/mol. The molecule has 2 unspecified atom stereocenters. The van der Waals surface area contributed by atoms with Crippen LogP contribution in [0.15, 0.2) is 61.2 Å². The fourth-order valence-electron chi connectivity index (χ4n) is 4.47. The van der Waals surface area contributed by atoms with E-state index in [1.807, 2.05) is 54.6 Å². The smallest absolute Gasteiger partial charge is 0.249 e. The number of amides is 2. The molecule has 2 N–H and O–H groups in total. The molecule has 34 heavy (non-hydrogen) atoms. The van der Waals surface area contributed by atoms with Gasteiger partial charge in [0.1, 0.15) is 11.8 Å². The minimum absolute atomic E-state index is 0.122. The Morgan fingerprint density at radius 3 is 2.76 bits per heavy atom. The molecule has 0 saturated carbocycles. The molecule has 3 aromatic rings. The molecule has 1 aliphatic rings. The van der Waals surface area contributed by atoms with Gasteiger partial charge in [-0.05, 0) is 66.9 Å². The lowest BCUT2D eigenvalue weighted by molar-refractivity contribution is -0.128. The predicted octanol–water partition coefficient (Wildman–Crippen LogP) is 4.06. The van der Waals surface area contributed by atoms with Gasteiger partial charge >= 0.3 is 0 Å². The van der Waals surface area contributed by atoms with Gasteiger partial charge in [0, 0.05) is 11.3 Å². The van der Waals surface area contributed by atoms with Gasteiger partial charge in [-0.1, -0.05) is 49.1 Å². The molecule has 1 heterocycles. The van der Waals surface area contributed by atoms with E-state index in [-0.39, 0.29) is 17.9 Å². The number of nitrogens with zero attached hydrogens (tertiary/aromatic N) is 1. The van der Waals surface area contributed by atoms with Gasteiger partial charge in [0.2, 0.25) is 11.8 Å². The van der Waals surface area contributed by atoms with Gasteiger partial charge in [0.25, 0.3) is 0 Å². The van der Waals surface area contributed by atoms with Gasteiger partial charge < -0.3 is 20.3 Å². The van der Waals surface area contributed by atoms with E-state index in [4.69, 9.17) is 4.74 Å². The summed E-state index contributed by atoms with van der Waals surface area (Å²) in [5.74, 6) is 0.410. The molecule has 0 radical (unpaired) electrons. The Bertz CT molecular complexity index is 1240. The second-order valence-electron chi connectivity index (χ2n) is 8.59. The van der Waals surface area contributed by atoms with Gasteiger partial charge in [-0.25, -0.2) is 0 Å². The fourth-order valence-corrected chi connectivity index (χ4v) is 4.47. The Morgan fingerprint density at radius 2 is 2.03 bits per heavy atom. The highest BCUT2D eigenvalue weighted by atomic mass is 16.5. The Labute approximate surface area is 200 Å². The Hall–Kier alpha value is -3.64. The fraction of sp³-hybridized carbons (Fsp3) is 0.286. The molecule has 1 aliphatic heterocycles. The minimum Gasteiger partial charge on any atom is -0.496 e. The molecule has 0 saturated heterocycles. The number of hydrogen-bond donors (Lipinski definition) is 2. The summed E-state index contributed by atoms with van der Waals surface area (Å²) >= 11 is 0. The molecule has 6 heteroatoms. The van der Waals surface area contributed by atoms with Crippen molar-refractivity contribution < 1.29 is 14.3 Å². The first-order valence-corrected chi connectivity index (χ1v) is 11.6. The number of carbonyl (C=O) groups excluding carboxylic acids is 2. The highest BCUT2D eigenvalue weighted by Gasteiger charge is 2.32. The quantitative estimate of drug-likeness (QED) is 0.561. The molecule has 0 fully saturated rings. The number of rotatable bonds is 7. The molecule has 6 nitrogen and oxygen atoms in total. The molecule has 0 aromatic heterocycles. The Morgan fingerprint density at radius 1 is 1.24 bits per heavy atom. The van der Waals surface area contributed by atoms with E-state index in [9.17, 15) is 9.59 Å². The van der Waals surface area contributed by atoms with Crippen LogP contribution in [-0.4, -0.2) is 38.1 Å². The van der Waals surface area contributed by atoms with E-state index in [1.165, 1.54) is 0 Å². The predicted molar refractivity (Wildman–Crippen MR) is 137 cm³/mol. The third-order valence-electron chi connectivity index (χ3n) is 6.58. The van der Waals surface area contributed by atoms with Crippen LogP contribution in [0.4, 0.5) is 5.69 Å². The maximum atomic E-state index is 13.8. The number of benzene rings is 3. The lowest BCUT2D eigenvalue weighted by atomic mass is 10.00. The number of methoxy groups -OCH3 is 1. The van der Waals surface area contributed by atoms with Gasteiger partial charge in [0.05, 0.1) is 19.7 Å². The maximum absolute atomic E-state index is 13.8. The van der Waals surface area contributed by atoms with Crippen LogP contribution in [-0.2, 0) is 22.6 Å². The Balaban J connectivity index is 1.78. The topological polar surface area (TPSA) is 70.7 Å². The molecule has 2 atom stereocenters. The molecular weight excluding hydrogens is 426 g/mol. The highest BCUT2D eigenvalue weighted by Crippen LogP contribution is 2.34. The zero-order chi connectivity index (χ0) is 24.2. The normalized spacial score (nSPS) is 16.5. The first-order valence-electron chi connectivity index (χ1n) is 11.6. The summed E-state index contributed by atoms with van der Waals surface area (Å²) in [5, 5.41) is 7.96. The monoisotopic (exact) mass is 457 g/mol. The van der Waals surface area contributed by atoms with Gasteiger partial charge in [-0.3, -0.25) is 9.59 Å². The van der Waals surface area contributed by atoms with Crippen LogP contribution in [0, 0.1) is 0 Å². The zero-order valence-corrected chi connectivity index (χ0v) is 19.9. The van der Waals surface area contributed by atoms with Crippen LogP contribution in [0.2, 0.25) is 0 Å². The summed E-state index contributed by atoms with van der Waals surface area (Å²) in [5.41, 5.74) is 3.91. The summed E-state index contributed by atoms with van der Waals surface area (Å²) in [6, 6.07) is 17.0. The van der Waals surface area contributed by atoms with Crippen molar-refractivity contribution in [3.05, 3.63) is 77.9 Å². The lowest BCUT2D eigenvalue weighted by Gasteiger charge is -2.28. The summed E-state index contributed by atoms with van der Waals surface area (Å²) < 4.78 is 5.71. The zero-order valence-electron chi connectivity index (χ0n) is 19.9. The minimum atomic E-state index is -0.607. The third-order valence-corrected chi connectivity index (χ3v) is 6.58. The first kappa shape index (κ1) is 23.5. The van der Waals surface area contributed by atoms with Crippen molar-refractivity contribution in [2.24, 2.45) is 0 Å². The van der Waals surface area contributed by atoms with Crippen LogP contribution >= 0.6 is 0 Å². The van der Waals surface area contributed by atoms with E-state index in [1.54, 1.807) is 26.0 Å². The molecule has 0 bridgehead atoms. The van der Waals surface area contributed by atoms with E-state index < -0.39 is 6.04 Å². The molecule has 0 spiro atoms. The Kier molecular flexibility index (Phi) is 6.98. The summed E-state index contributed by atoms with van der Waals surface area (Å²) in [6.07, 6.45) is 3.06. The van der Waals surface area contributed by atoms with E-state index >= 15 is 0 Å². The van der Waals surface area contributed by atoms with Crippen molar-refractivity contribution in [3.8, 4) is 5.75 Å². The van der Waals surface area contributed by atoms with E-state index in [0.29, 0.717) is 19.4 Å². The molecule has 176 valence electrons. The number of likely N-dealkylation sites (N-methyl/N-ethyl adjacent to an activating group) is 1. The van der Waals surface area contributed by atoms with Crippen LogP contribution in [0.3, 0.4) is 0 Å². The number of hydrogen-bond acceptors (Lipinski definition) is 4. The van der Waals surface area contributed by atoms with Gasteiger partial charge in [-0.2, -0.15) is 0 Å². The summed E-state index contributed by atoms with van der Waals surface area (Å²) in [4.78, 5) is 28.2. The molecule has 0 aliphatic carbocycles. The average Bonchev–Trinajstić information content (AvgIpc) is 3.00. The van der Waals surface area contributed by atoms with Crippen LogP contribution in [0.25, 0.3) is 16.8 Å². The van der Waals surface area contributed by atoms with Crippen molar-refractivity contribution in [1.82, 2.24) is 10.6 Å². The van der Waals surface area contributed by atoms with Crippen LogP contribution in [0.5, 0.6) is 5.75 Å². The van der Waals surface area contributed by atoms with Crippen molar-refractivity contribution >= 4 is 34.4 Å². The summed E-state index contributed by atoms with van der Waals surface area (Å²) in [6.45, 7) is 5.98. The van der Waals surface area contributed by atoms with Crippen LogP contribution < -0.4 is 20.3 Å². The number of anilines is 1.